The van der Waals surface area contributed by atoms with Crippen molar-refractivity contribution in [2.75, 3.05) is 26.4 Å². The first kappa shape index (κ1) is 25.8. The molecule has 0 aliphatic rings. The maximum atomic E-state index is 13.2. The zero-order valence-corrected chi connectivity index (χ0v) is 18.2. The molecule has 0 fully saturated rings. The topological polar surface area (TPSA) is 88.1 Å². The molecule has 0 radical (unpaired) electrons. The Morgan fingerprint density at radius 1 is 0.733 bits per heavy atom. The highest BCUT2D eigenvalue weighted by Crippen LogP contribution is 2.47. The van der Waals surface area contributed by atoms with Crippen molar-refractivity contribution in [1.82, 2.24) is 0 Å². The molecule has 0 unspecified atom stereocenters. The van der Waals surface area contributed by atoms with Crippen molar-refractivity contribution < 1.29 is 32.7 Å². The van der Waals surface area contributed by atoms with Crippen molar-refractivity contribution in [2.24, 2.45) is 0 Å². The van der Waals surface area contributed by atoms with E-state index in [0.717, 1.165) is 25.0 Å². The van der Waals surface area contributed by atoms with Crippen molar-refractivity contribution >= 4 is 24.8 Å². The number of benzene rings is 1. The van der Waals surface area contributed by atoms with Crippen molar-refractivity contribution in [1.29, 1.82) is 0 Å². The van der Waals surface area contributed by atoms with E-state index in [1.807, 2.05) is 6.07 Å². The highest BCUT2D eigenvalue weighted by atomic mass is 31.2. The minimum atomic E-state index is -3.42. The van der Waals surface area contributed by atoms with Gasteiger partial charge in [-0.1, -0.05) is 31.4 Å². The molecular weight excluding hydrogens is 407 g/mol. The zero-order chi connectivity index (χ0) is 22.1. The van der Waals surface area contributed by atoms with Crippen LogP contribution in [0.25, 0.3) is 0 Å². The Bertz CT molecular complexity index is 665. The van der Waals surface area contributed by atoms with Crippen molar-refractivity contribution in [3.05, 3.63) is 55.6 Å². The molecule has 166 valence electrons. The summed E-state index contributed by atoms with van der Waals surface area (Å²) in [6.07, 6.45) is 6.51. The van der Waals surface area contributed by atoms with E-state index in [1.54, 1.807) is 24.3 Å². The van der Waals surface area contributed by atoms with Gasteiger partial charge in [-0.2, -0.15) is 0 Å². The van der Waals surface area contributed by atoms with E-state index in [1.165, 1.54) is 0 Å². The third-order valence-corrected chi connectivity index (χ3v) is 5.97. The van der Waals surface area contributed by atoms with Crippen LogP contribution >= 0.6 is 7.60 Å². The second-order valence-corrected chi connectivity index (χ2v) is 8.39. The normalized spacial score (nSPS) is 10.9. The fraction of sp³-hybridized carbons (Fsp3) is 0.455. The number of hydrogen-bond acceptors (Lipinski definition) is 7. The first-order valence-electron chi connectivity index (χ1n) is 10.0. The van der Waals surface area contributed by atoms with Crippen LogP contribution in [0.4, 0.5) is 0 Å². The summed E-state index contributed by atoms with van der Waals surface area (Å²) in [5.74, 6) is -0.876. The van der Waals surface area contributed by atoms with E-state index in [0.29, 0.717) is 44.2 Å². The molecule has 0 heterocycles. The van der Waals surface area contributed by atoms with Gasteiger partial charge in [0.2, 0.25) is 0 Å². The fourth-order valence-electron chi connectivity index (χ4n) is 2.39. The molecule has 30 heavy (non-hydrogen) atoms. The molecule has 0 aromatic heterocycles. The van der Waals surface area contributed by atoms with Gasteiger partial charge in [0.15, 0.2) is 0 Å². The molecule has 1 rings (SSSR count). The van der Waals surface area contributed by atoms with Crippen LogP contribution < -0.4 is 5.30 Å². The molecule has 7 nitrogen and oxygen atoms in total. The van der Waals surface area contributed by atoms with Gasteiger partial charge in [0.1, 0.15) is 0 Å². The molecular formula is C22H31O7P. The van der Waals surface area contributed by atoms with Crippen molar-refractivity contribution in [2.45, 2.75) is 38.5 Å². The Balaban J connectivity index is 2.35. The van der Waals surface area contributed by atoms with E-state index in [4.69, 9.17) is 18.5 Å². The van der Waals surface area contributed by atoms with Crippen LogP contribution in [-0.2, 0) is 32.7 Å². The van der Waals surface area contributed by atoms with Crippen LogP contribution in [-0.4, -0.2) is 38.4 Å². The largest absolute Gasteiger partial charge is 0.463 e. The van der Waals surface area contributed by atoms with Gasteiger partial charge >= 0.3 is 19.5 Å². The minimum Gasteiger partial charge on any atom is -0.463 e. The molecule has 0 aliphatic heterocycles. The third kappa shape index (κ3) is 11.1. The standard InChI is InChI=1S/C22H31O7P/c1-3-21(23)26-16-10-6-12-18-28-30(25,20-14-8-5-9-15-20)29-19-13-7-11-17-27-22(24)4-2/h3-5,8-9,14-15H,1-2,6-7,10-13,16-19H2. The van der Waals surface area contributed by atoms with E-state index >= 15 is 0 Å². The smallest absolute Gasteiger partial charge is 0.361 e. The average molecular weight is 438 g/mol. The number of carbonyl (C=O) groups excluding carboxylic acids is 2. The lowest BCUT2D eigenvalue weighted by Crippen LogP contribution is -2.12. The monoisotopic (exact) mass is 438 g/mol. The average Bonchev–Trinajstić information content (AvgIpc) is 2.77. The summed E-state index contributed by atoms with van der Waals surface area (Å²) < 4.78 is 34.4. The maximum Gasteiger partial charge on any atom is 0.361 e. The summed E-state index contributed by atoms with van der Waals surface area (Å²) in [4.78, 5) is 21.9. The van der Waals surface area contributed by atoms with Crippen molar-refractivity contribution in [3.63, 3.8) is 0 Å². The van der Waals surface area contributed by atoms with Gasteiger partial charge in [0, 0.05) is 12.2 Å². The van der Waals surface area contributed by atoms with Crippen molar-refractivity contribution in [3.8, 4) is 0 Å². The Hall–Kier alpha value is -2.21. The summed E-state index contributed by atoms with van der Waals surface area (Å²) in [6, 6.07) is 8.87. The van der Waals surface area contributed by atoms with E-state index in [9.17, 15) is 14.2 Å². The van der Waals surface area contributed by atoms with Gasteiger partial charge in [-0.15, -0.1) is 0 Å². The second-order valence-electron chi connectivity index (χ2n) is 6.36. The van der Waals surface area contributed by atoms with Crippen LogP contribution in [0.3, 0.4) is 0 Å². The first-order chi connectivity index (χ1) is 14.5. The summed E-state index contributed by atoms with van der Waals surface area (Å²) in [5, 5.41) is 0.518. The number of ether oxygens (including phenoxy) is 2. The Morgan fingerprint density at radius 3 is 1.60 bits per heavy atom. The molecule has 0 atom stereocenters. The number of rotatable bonds is 17. The molecule has 0 saturated carbocycles. The van der Waals surface area contributed by atoms with Gasteiger partial charge in [0.25, 0.3) is 0 Å². The highest BCUT2D eigenvalue weighted by molar-refractivity contribution is 7.62. The summed E-state index contributed by atoms with van der Waals surface area (Å²) in [5.41, 5.74) is 0. The van der Waals surface area contributed by atoms with E-state index in [2.05, 4.69) is 13.2 Å². The van der Waals surface area contributed by atoms with Gasteiger partial charge in [-0.25, -0.2) is 9.59 Å². The Morgan fingerprint density at radius 2 is 1.17 bits per heavy atom. The molecule has 0 amide bonds. The molecule has 0 spiro atoms. The van der Waals surface area contributed by atoms with E-state index in [-0.39, 0.29) is 13.2 Å². The van der Waals surface area contributed by atoms with Gasteiger partial charge in [-0.05, 0) is 50.7 Å². The Labute approximate surface area is 178 Å². The van der Waals surface area contributed by atoms with Gasteiger partial charge in [0.05, 0.1) is 31.7 Å². The summed E-state index contributed by atoms with van der Waals surface area (Å²) in [7, 11) is -3.42. The van der Waals surface area contributed by atoms with Gasteiger partial charge < -0.3 is 18.5 Å². The number of hydrogen-bond donors (Lipinski definition) is 0. The van der Waals surface area contributed by atoms with E-state index < -0.39 is 19.5 Å². The fourth-order valence-corrected chi connectivity index (χ4v) is 4.04. The number of carbonyl (C=O) groups is 2. The maximum absolute atomic E-state index is 13.2. The zero-order valence-electron chi connectivity index (χ0n) is 17.3. The molecule has 8 heteroatoms. The summed E-state index contributed by atoms with van der Waals surface area (Å²) in [6.45, 7) is 7.87. The lowest BCUT2D eigenvalue weighted by atomic mass is 10.2. The van der Waals surface area contributed by atoms with Crippen LogP contribution in [0.5, 0.6) is 0 Å². The lowest BCUT2D eigenvalue weighted by Gasteiger charge is -2.19. The van der Waals surface area contributed by atoms with Gasteiger partial charge in [-0.3, -0.25) is 4.57 Å². The van der Waals surface area contributed by atoms with Crippen LogP contribution in [0.1, 0.15) is 38.5 Å². The van der Waals surface area contributed by atoms with Crippen LogP contribution in [0, 0.1) is 0 Å². The lowest BCUT2D eigenvalue weighted by molar-refractivity contribution is -0.138. The van der Waals surface area contributed by atoms with Crippen LogP contribution in [0.15, 0.2) is 55.6 Å². The predicted molar refractivity (Wildman–Crippen MR) is 116 cm³/mol. The molecule has 0 N–H and O–H groups in total. The third-order valence-electron chi connectivity index (χ3n) is 3.99. The number of unbranched alkanes of at least 4 members (excludes halogenated alkanes) is 4. The second kappa shape index (κ2) is 15.6. The highest BCUT2D eigenvalue weighted by Gasteiger charge is 2.27. The minimum absolute atomic E-state index is 0.277. The Kier molecular flexibility index (Phi) is 13.4. The molecule has 0 saturated heterocycles. The SMILES string of the molecule is C=CC(=O)OCCCCCOP(=O)(OCCCCCOC(=O)C=C)c1ccccc1. The molecule has 0 aliphatic carbocycles. The van der Waals surface area contributed by atoms with Crippen LogP contribution in [0.2, 0.25) is 0 Å². The quantitative estimate of drug-likeness (QED) is 0.155. The number of esters is 2. The first-order valence-corrected chi connectivity index (χ1v) is 11.6. The predicted octanol–water partition coefficient (Wildman–Crippen LogP) is 4.34. The molecule has 0 bridgehead atoms. The summed E-state index contributed by atoms with van der Waals surface area (Å²) >= 11 is 0. The molecule has 1 aromatic carbocycles. The molecule has 1 aromatic rings.